The van der Waals surface area contributed by atoms with Gasteiger partial charge >= 0.3 is 0 Å². The zero-order chi connectivity index (χ0) is 9.97. The molecule has 72 valence electrons. The van der Waals surface area contributed by atoms with E-state index in [1.807, 2.05) is 17.8 Å². The summed E-state index contributed by atoms with van der Waals surface area (Å²) in [4.78, 5) is 12.1. The predicted octanol–water partition coefficient (Wildman–Crippen LogP) is 1.45. The fourth-order valence-corrected chi connectivity index (χ4v) is 1.36. The molecule has 0 saturated heterocycles. The van der Waals surface area contributed by atoms with Crippen molar-refractivity contribution < 1.29 is 0 Å². The molecule has 2 heterocycles. The number of hydrogen-bond acceptors (Lipinski definition) is 3. The third-order valence-electron chi connectivity index (χ3n) is 1.99. The van der Waals surface area contributed by atoms with Crippen molar-refractivity contribution in [3.05, 3.63) is 41.5 Å². The van der Waals surface area contributed by atoms with Crippen molar-refractivity contribution in [3.63, 3.8) is 0 Å². The average molecular weight is 209 g/mol. The van der Waals surface area contributed by atoms with Crippen LogP contribution in [0.25, 0.3) is 0 Å². The summed E-state index contributed by atoms with van der Waals surface area (Å²) in [5.74, 6) is 0.936. The van der Waals surface area contributed by atoms with Crippen molar-refractivity contribution in [2.24, 2.45) is 7.05 Å². The summed E-state index contributed by atoms with van der Waals surface area (Å²) in [7, 11) is 1.94. The Morgan fingerprint density at radius 3 is 2.93 bits per heavy atom. The monoisotopic (exact) mass is 208 g/mol. The van der Waals surface area contributed by atoms with Crippen LogP contribution in [0.3, 0.4) is 0 Å². The third-order valence-corrected chi connectivity index (χ3v) is 2.31. The fraction of sp³-hybridized carbons (Fsp3) is 0.222. The number of rotatable bonds is 2. The molecule has 0 N–H and O–H groups in total. The van der Waals surface area contributed by atoms with Crippen LogP contribution in [0, 0.1) is 0 Å². The summed E-state index contributed by atoms with van der Waals surface area (Å²) in [6.45, 7) is 0. The van der Waals surface area contributed by atoms with Crippen molar-refractivity contribution in [1.82, 2.24) is 19.5 Å². The Balaban J connectivity index is 2.28. The van der Waals surface area contributed by atoms with Gasteiger partial charge in [-0.05, 0) is 0 Å². The van der Waals surface area contributed by atoms with Gasteiger partial charge in [-0.25, -0.2) is 15.0 Å². The Morgan fingerprint density at radius 2 is 2.29 bits per heavy atom. The predicted molar refractivity (Wildman–Crippen MR) is 53.1 cm³/mol. The number of aryl methyl sites for hydroxylation is 1. The molecule has 14 heavy (non-hydrogen) atoms. The molecule has 2 rings (SSSR count). The van der Waals surface area contributed by atoms with Gasteiger partial charge in [-0.15, -0.1) is 0 Å². The maximum atomic E-state index is 5.93. The maximum Gasteiger partial charge on any atom is 0.115 e. The molecule has 0 spiro atoms. The van der Waals surface area contributed by atoms with Crippen molar-refractivity contribution in [1.29, 1.82) is 0 Å². The Hall–Kier alpha value is -1.42. The third kappa shape index (κ3) is 1.75. The lowest BCUT2D eigenvalue weighted by Gasteiger charge is -2.02. The topological polar surface area (TPSA) is 43.6 Å². The van der Waals surface area contributed by atoms with Crippen LogP contribution in [0.1, 0.15) is 11.5 Å². The number of aromatic nitrogens is 4. The van der Waals surface area contributed by atoms with Gasteiger partial charge in [-0.1, -0.05) is 11.6 Å². The molecule has 0 aliphatic heterocycles. The van der Waals surface area contributed by atoms with Gasteiger partial charge in [0, 0.05) is 32.1 Å². The van der Waals surface area contributed by atoms with E-state index in [4.69, 9.17) is 11.6 Å². The quantitative estimate of drug-likeness (QED) is 0.751. The second-order valence-corrected chi connectivity index (χ2v) is 3.36. The van der Waals surface area contributed by atoms with E-state index < -0.39 is 0 Å². The summed E-state index contributed by atoms with van der Waals surface area (Å²) in [5, 5.41) is 0.579. The number of hydrogen-bond donors (Lipinski definition) is 0. The minimum Gasteiger partial charge on any atom is -0.338 e. The fourth-order valence-electron chi connectivity index (χ4n) is 1.18. The Bertz CT molecular complexity index is 438. The van der Waals surface area contributed by atoms with Gasteiger partial charge in [0.15, 0.2) is 0 Å². The van der Waals surface area contributed by atoms with Gasteiger partial charge in [-0.2, -0.15) is 0 Å². The highest BCUT2D eigenvalue weighted by atomic mass is 35.5. The first-order valence-corrected chi connectivity index (χ1v) is 4.56. The van der Waals surface area contributed by atoms with Gasteiger partial charge in [0.2, 0.25) is 0 Å². The minimum atomic E-state index is 0.579. The van der Waals surface area contributed by atoms with E-state index in [2.05, 4.69) is 15.0 Å². The second kappa shape index (κ2) is 3.75. The average Bonchev–Trinajstić information content (AvgIpc) is 2.56. The molecule has 0 aliphatic carbocycles. The minimum absolute atomic E-state index is 0.579. The lowest BCUT2D eigenvalue weighted by atomic mass is 10.3. The van der Waals surface area contributed by atoms with Crippen LogP contribution in [0.2, 0.25) is 5.02 Å². The zero-order valence-electron chi connectivity index (χ0n) is 7.68. The number of imidazole rings is 1. The van der Waals surface area contributed by atoms with Crippen LogP contribution >= 0.6 is 11.6 Å². The van der Waals surface area contributed by atoms with Crippen molar-refractivity contribution in [2.75, 3.05) is 0 Å². The summed E-state index contributed by atoms with van der Waals surface area (Å²) in [5.41, 5.74) is 0.802. The molecule has 2 aromatic rings. The molecular formula is C9H9ClN4. The zero-order valence-corrected chi connectivity index (χ0v) is 8.44. The second-order valence-electron chi connectivity index (χ2n) is 2.95. The van der Waals surface area contributed by atoms with E-state index in [1.54, 1.807) is 12.4 Å². The van der Waals surface area contributed by atoms with E-state index >= 15 is 0 Å². The van der Waals surface area contributed by atoms with Crippen molar-refractivity contribution in [3.8, 4) is 0 Å². The van der Waals surface area contributed by atoms with E-state index in [0.717, 1.165) is 11.5 Å². The summed E-state index contributed by atoms with van der Waals surface area (Å²) in [6, 6.07) is 0. The molecule has 0 aromatic carbocycles. The summed E-state index contributed by atoms with van der Waals surface area (Å²) < 4.78 is 1.94. The van der Waals surface area contributed by atoms with Crippen LogP contribution in [-0.4, -0.2) is 19.5 Å². The molecular weight excluding hydrogens is 200 g/mol. The van der Waals surface area contributed by atoms with Gasteiger partial charge in [0.1, 0.15) is 12.2 Å². The van der Waals surface area contributed by atoms with E-state index in [1.165, 1.54) is 6.33 Å². The molecule has 0 atom stereocenters. The van der Waals surface area contributed by atoms with Crippen molar-refractivity contribution in [2.45, 2.75) is 6.42 Å². The first kappa shape index (κ1) is 9.15. The Labute approximate surface area is 86.6 Å². The standard InChI is InChI=1S/C9H9ClN4/c1-14-3-2-12-9(14)4-8-7(10)5-11-6-13-8/h2-3,5-6H,4H2,1H3. The highest BCUT2D eigenvalue weighted by Crippen LogP contribution is 2.13. The summed E-state index contributed by atoms with van der Waals surface area (Å²) in [6.07, 6.45) is 7.36. The highest BCUT2D eigenvalue weighted by molar-refractivity contribution is 6.31. The molecule has 0 unspecified atom stereocenters. The van der Waals surface area contributed by atoms with Crippen LogP contribution in [0.15, 0.2) is 24.9 Å². The Kier molecular flexibility index (Phi) is 2.45. The molecule has 4 nitrogen and oxygen atoms in total. The van der Waals surface area contributed by atoms with Crippen LogP contribution < -0.4 is 0 Å². The van der Waals surface area contributed by atoms with Crippen LogP contribution in [-0.2, 0) is 13.5 Å². The van der Waals surface area contributed by atoms with E-state index in [9.17, 15) is 0 Å². The molecule has 0 radical (unpaired) electrons. The lowest BCUT2D eigenvalue weighted by Crippen LogP contribution is -2.01. The van der Waals surface area contributed by atoms with Gasteiger partial charge < -0.3 is 4.57 Å². The summed E-state index contributed by atoms with van der Waals surface area (Å²) >= 11 is 5.93. The normalized spacial score (nSPS) is 10.4. The maximum absolute atomic E-state index is 5.93. The van der Waals surface area contributed by atoms with Gasteiger partial charge in [0.05, 0.1) is 10.7 Å². The SMILES string of the molecule is Cn1ccnc1Cc1ncncc1Cl. The van der Waals surface area contributed by atoms with Gasteiger partial charge in [-0.3, -0.25) is 0 Å². The highest BCUT2D eigenvalue weighted by Gasteiger charge is 2.05. The lowest BCUT2D eigenvalue weighted by molar-refractivity contribution is 0.809. The molecule has 2 aromatic heterocycles. The first-order chi connectivity index (χ1) is 6.77. The number of nitrogens with zero attached hydrogens (tertiary/aromatic N) is 4. The molecule has 0 fully saturated rings. The largest absolute Gasteiger partial charge is 0.338 e. The molecule has 0 amide bonds. The van der Waals surface area contributed by atoms with Crippen LogP contribution in [0.5, 0.6) is 0 Å². The van der Waals surface area contributed by atoms with Gasteiger partial charge in [0.25, 0.3) is 0 Å². The van der Waals surface area contributed by atoms with Crippen molar-refractivity contribution >= 4 is 11.6 Å². The Morgan fingerprint density at radius 1 is 1.43 bits per heavy atom. The number of halogens is 1. The molecule has 0 saturated carbocycles. The first-order valence-electron chi connectivity index (χ1n) is 4.18. The molecule has 0 aliphatic rings. The van der Waals surface area contributed by atoms with Crippen LogP contribution in [0.4, 0.5) is 0 Å². The van der Waals surface area contributed by atoms with E-state index in [-0.39, 0.29) is 0 Å². The molecule has 5 heteroatoms. The van der Waals surface area contributed by atoms with E-state index in [0.29, 0.717) is 11.4 Å². The smallest absolute Gasteiger partial charge is 0.115 e. The molecule has 0 bridgehead atoms.